The van der Waals surface area contributed by atoms with Crippen molar-refractivity contribution in [2.75, 3.05) is 0 Å². The van der Waals surface area contributed by atoms with Crippen LogP contribution < -0.4 is 13.7 Å². The van der Waals surface area contributed by atoms with Gasteiger partial charge in [0, 0.05) is 35.4 Å². The van der Waals surface area contributed by atoms with E-state index in [0.29, 0.717) is 0 Å². The number of nitrogens with zero attached hydrogens (tertiary/aromatic N) is 4. The molecule has 0 saturated heterocycles. The second kappa shape index (κ2) is 18.4. The molecule has 0 atom stereocenters. The van der Waals surface area contributed by atoms with Crippen LogP contribution in [0.2, 0.25) is 0 Å². The predicted octanol–water partition coefficient (Wildman–Crippen LogP) is 15.2. The molecule has 0 bridgehead atoms. The molecule has 0 saturated carbocycles. The molecular weight excluding hydrogens is 873 g/mol. The van der Waals surface area contributed by atoms with Gasteiger partial charge in [0.1, 0.15) is 19.8 Å². The zero-order valence-electron chi connectivity index (χ0n) is 41.4. The third-order valence-corrected chi connectivity index (χ3v) is 14.6. The molecule has 0 N–H and O–H groups in total. The maximum absolute atomic E-state index is 2.41. The fourth-order valence-corrected chi connectivity index (χ4v) is 10.9. The first-order valence-electron chi connectivity index (χ1n) is 24.8. The highest BCUT2D eigenvalue weighted by Crippen LogP contribution is 2.44. The minimum Gasteiger partial charge on any atom is -0.232 e. The van der Waals surface area contributed by atoms with Gasteiger partial charge in [-0.25, -0.2) is 13.7 Å². The monoisotopic (exact) mass is 927 g/mol. The van der Waals surface area contributed by atoms with Crippen molar-refractivity contribution < 1.29 is 13.7 Å². The number of hydrogen-bond donors (Lipinski definition) is 0. The second-order valence-corrected chi connectivity index (χ2v) is 19.2. The zero-order chi connectivity index (χ0) is 48.9. The van der Waals surface area contributed by atoms with Crippen LogP contribution in [-0.2, 0) is 21.1 Å². The number of rotatable bonds is 9. The molecular formula is C68H55N4+3. The van der Waals surface area contributed by atoms with Gasteiger partial charge in [0.15, 0.2) is 23.4 Å². The molecule has 0 fully saturated rings. The van der Waals surface area contributed by atoms with Crippen LogP contribution in [0.5, 0.6) is 0 Å². The summed E-state index contributed by atoms with van der Waals surface area (Å²) in [5.41, 5.74) is 25.0. The Morgan fingerprint density at radius 1 is 0.306 bits per heavy atom. The standard InChI is InChI=1S/C68H55N4/c1-46-38-51(65-26-14-16-36-69(65)3)30-34-57(46)63-24-12-10-22-61(63)54-40-53(41-55(42-54)62-23-11-13-25-64(62)58-35-31-52(39-47(58)2)66-27-15-17-37-70(66)4)60-21-9-8-20-59(60)48-28-32-56(33-29-48)72-45-71(5)67-43-49-18-6-7-19-50(49)44-68(67)72/h6-45H,1-5H3/q+3. The van der Waals surface area contributed by atoms with Crippen LogP contribution in [-0.4, -0.2) is 4.57 Å². The Kier molecular flexibility index (Phi) is 11.3. The predicted molar refractivity (Wildman–Crippen MR) is 297 cm³/mol. The lowest BCUT2D eigenvalue weighted by Crippen LogP contribution is -2.29. The maximum Gasteiger partial charge on any atom is 0.249 e. The molecule has 4 heteroatoms. The summed E-state index contributed by atoms with van der Waals surface area (Å²) in [4.78, 5) is 0. The van der Waals surface area contributed by atoms with E-state index in [2.05, 4.69) is 296 Å². The fraction of sp³-hybridized carbons (Fsp3) is 0.0735. The first kappa shape index (κ1) is 44.2. The number of benzene rings is 9. The van der Waals surface area contributed by atoms with Crippen LogP contribution in [0.25, 0.3) is 117 Å². The van der Waals surface area contributed by atoms with Crippen molar-refractivity contribution in [2.24, 2.45) is 21.1 Å². The minimum absolute atomic E-state index is 1.12. The number of fused-ring (bicyclic) bond motifs is 2. The Balaban J connectivity index is 1.00. The van der Waals surface area contributed by atoms with Crippen molar-refractivity contribution in [3.05, 3.63) is 254 Å². The van der Waals surface area contributed by atoms with Crippen LogP contribution >= 0.6 is 0 Å². The number of imidazole rings is 1. The molecule has 0 aliphatic heterocycles. The molecule has 12 rings (SSSR count). The van der Waals surface area contributed by atoms with Crippen molar-refractivity contribution in [1.82, 2.24) is 4.57 Å². The van der Waals surface area contributed by atoms with E-state index in [1.165, 1.54) is 117 Å². The van der Waals surface area contributed by atoms with Crippen LogP contribution in [0.3, 0.4) is 0 Å². The molecule has 9 aromatic carbocycles. The van der Waals surface area contributed by atoms with E-state index in [0.717, 1.165) is 11.3 Å². The summed E-state index contributed by atoms with van der Waals surface area (Å²) in [5.74, 6) is 0. The van der Waals surface area contributed by atoms with E-state index < -0.39 is 0 Å². The molecule has 344 valence electrons. The summed E-state index contributed by atoms with van der Waals surface area (Å²) >= 11 is 0. The van der Waals surface area contributed by atoms with E-state index in [9.17, 15) is 0 Å². The Morgan fingerprint density at radius 2 is 0.708 bits per heavy atom. The van der Waals surface area contributed by atoms with Crippen molar-refractivity contribution in [3.63, 3.8) is 0 Å². The number of aromatic nitrogens is 4. The Bertz CT molecular complexity index is 3890. The normalized spacial score (nSPS) is 11.4. The molecule has 3 aromatic heterocycles. The van der Waals surface area contributed by atoms with Gasteiger partial charge >= 0.3 is 0 Å². The van der Waals surface area contributed by atoms with Crippen LogP contribution in [0.4, 0.5) is 0 Å². The van der Waals surface area contributed by atoms with Gasteiger partial charge in [0.05, 0.1) is 7.05 Å². The highest BCUT2D eigenvalue weighted by atomic mass is 15.1. The van der Waals surface area contributed by atoms with E-state index in [1.54, 1.807) is 0 Å². The average Bonchev–Trinajstić information content (AvgIpc) is 3.74. The van der Waals surface area contributed by atoms with Crippen LogP contribution in [0.1, 0.15) is 11.1 Å². The first-order chi connectivity index (χ1) is 35.3. The Hall–Kier alpha value is -8.99. The molecule has 0 unspecified atom stereocenters. The summed E-state index contributed by atoms with van der Waals surface area (Å²) in [5, 5.41) is 2.48. The SMILES string of the molecule is Cc1cc(-c2cccc[n+]2C)ccc1-c1ccccc1-c1cc(-c2ccccc2-c2ccc(-n3c[n+](C)c4cc5ccccc5cc43)cc2)cc(-c2ccccc2-c2ccc(-c3cccc[n+]3C)cc2C)c1. The number of hydrogen-bond acceptors (Lipinski definition) is 0. The summed E-state index contributed by atoms with van der Waals surface area (Å²) in [6.07, 6.45) is 6.41. The molecule has 3 heterocycles. The molecule has 12 aromatic rings. The molecule has 0 aliphatic rings. The van der Waals surface area contributed by atoms with E-state index in [1.807, 2.05) is 0 Å². The zero-order valence-corrected chi connectivity index (χ0v) is 41.4. The van der Waals surface area contributed by atoms with Crippen molar-refractivity contribution in [1.29, 1.82) is 0 Å². The van der Waals surface area contributed by atoms with Gasteiger partial charge in [0.2, 0.25) is 17.7 Å². The van der Waals surface area contributed by atoms with Crippen molar-refractivity contribution >= 4 is 21.8 Å². The average molecular weight is 928 g/mol. The smallest absolute Gasteiger partial charge is 0.232 e. The van der Waals surface area contributed by atoms with Crippen LogP contribution in [0, 0.1) is 13.8 Å². The highest BCUT2D eigenvalue weighted by Gasteiger charge is 2.21. The van der Waals surface area contributed by atoms with Gasteiger partial charge < -0.3 is 0 Å². The molecule has 0 aliphatic carbocycles. The maximum atomic E-state index is 2.41. The third kappa shape index (κ3) is 8.07. The van der Waals surface area contributed by atoms with Gasteiger partial charge in [-0.05, 0) is 181 Å². The third-order valence-electron chi connectivity index (χ3n) is 14.6. The number of pyridine rings is 2. The molecule has 0 amide bonds. The first-order valence-corrected chi connectivity index (χ1v) is 24.8. The summed E-state index contributed by atoms with van der Waals surface area (Å²) < 4.78 is 8.89. The summed E-state index contributed by atoms with van der Waals surface area (Å²) in [6, 6.07) is 82.7. The van der Waals surface area contributed by atoms with Crippen molar-refractivity contribution in [3.8, 4) is 95.0 Å². The second-order valence-electron chi connectivity index (χ2n) is 19.2. The molecule has 0 radical (unpaired) electrons. The van der Waals surface area contributed by atoms with Gasteiger partial charge in [0.25, 0.3) is 0 Å². The lowest BCUT2D eigenvalue weighted by molar-refractivity contribution is -0.660. The lowest BCUT2D eigenvalue weighted by atomic mass is 9.85. The molecule has 72 heavy (non-hydrogen) atoms. The van der Waals surface area contributed by atoms with E-state index in [-0.39, 0.29) is 0 Å². The lowest BCUT2D eigenvalue weighted by Gasteiger charge is -2.19. The van der Waals surface area contributed by atoms with Gasteiger partial charge in [-0.3, -0.25) is 0 Å². The van der Waals surface area contributed by atoms with E-state index in [4.69, 9.17) is 0 Å². The summed E-state index contributed by atoms with van der Waals surface area (Å²) in [7, 11) is 6.35. The van der Waals surface area contributed by atoms with Gasteiger partial charge in [-0.2, -0.15) is 4.57 Å². The fourth-order valence-electron chi connectivity index (χ4n) is 10.9. The quantitative estimate of drug-likeness (QED) is 0.128. The highest BCUT2D eigenvalue weighted by molar-refractivity contribution is 5.96. The topological polar surface area (TPSA) is 16.6 Å². The van der Waals surface area contributed by atoms with Gasteiger partial charge in [-0.15, -0.1) is 0 Å². The molecule has 4 nitrogen and oxygen atoms in total. The Labute approximate surface area is 422 Å². The molecule has 0 spiro atoms. The van der Waals surface area contributed by atoms with Gasteiger partial charge in [-0.1, -0.05) is 121 Å². The van der Waals surface area contributed by atoms with Crippen molar-refractivity contribution in [2.45, 2.75) is 13.8 Å². The number of aryl methyl sites for hydroxylation is 5. The minimum atomic E-state index is 1.12. The Morgan fingerprint density at radius 3 is 1.18 bits per heavy atom. The summed E-state index contributed by atoms with van der Waals surface area (Å²) in [6.45, 7) is 4.48. The largest absolute Gasteiger partial charge is 0.249 e. The van der Waals surface area contributed by atoms with E-state index >= 15 is 0 Å². The van der Waals surface area contributed by atoms with Crippen LogP contribution in [0.15, 0.2) is 243 Å².